The molecule has 0 saturated carbocycles. The third-order valence-electron chi connectivity index (χ3n) is 5.80. The minimum atomic E-state index is 0. The van der Waals surface area contributed by atoms with Gasteiger partial charge >= 0.3 is 0 Å². The Morgan fingerprint density at radius 1 is 0.969 bits per heavy atom. The molecular weight excluding hydrogens is 465 g/mol. The molecule has 1 saturated heterocycles. The first-order valence-corrected chi connectivity index (χ1v) is 11.4. The van der Waals surface area contributed by atoms with Crippen LogP contribution in [0.3, 0.4) is 0 Å². The molecule has 0 spiro atoms. The zero-order valence-corrected chi connectivity index (χ0v) is 20.2. The highest BCUT2D eigenvalue weighted by atomic mass is 35.5. The molecule has 2 heterocycles. The summed E-state index contributed by atoms with van der Waals surface area (Å²) in [5.74, 6) is 0.138. The zero-order chi connectivity index (χ0) is 21.6. The molecule has 0 aromatic heterocycles. The van der Waals surface area contributed by atoms with E-state index in [9.17, 15) is 4.79 Å². The van der Waals surface area contributed by atoms with Gasteiger partial charge in [0.05, 0.1) is 22.5 Å². The fourth-order valence-corrected chi connectivity index (χ4v) is 4.55. The summed E-state index contributed by atoms with van der Waals surface area (Å²) in [4.78, 5) is 20.0. The first-order chi connectivity index (χ1) is 15.1. The Labute approximate surface area is 206 Å². The molecule has 2 aliphatic heterocycles. The number of nitrogens with zero attached hydrogens (tertiary/aromatic N) is 3. The monoisotopic (exact) mass is 491 g/mol. The second-order valence-electron chi connectivity index (χ2n) is 8.11. The number of rotatable bonds is 6. The van der Waals surface area contributed by atoms with Crippen LogP contribution < -0.4 is 0 Å². The Balaban J connectivity index is 0.00000289. The van der Waals surface area contributed by atoms with Crippen LogP contribution in [0.2, 0.25) is 10.0 Å². The topological polar surface area (TPSA) is 26.8 Å². The third kappa shape index (κ3) is 6.52. The zero-order valence-electron chi connectivity index (χ0n) is 17.9. The number of allylic oxidation sites excluding steroid dienone is 2. The standard InChI is InChI=1S/C25H27Cl2N3O.ClH/c26-23-10-9-21(15-24(23)27)16-25(31)30-14-13-29(17-20-7-3-1-4-8-20)19-22(30)18-28-11-5-2-6-12-28;/h1-11,15,22H,12-14,16-19H2;1H/t22-;/m0./s1. The van der Waals surface area contributed by atoms with Crippen molar-refractivity contribution >= 4 is 41.5 Å². The SMILES string of the molecule is Cl.O=C(Cc1ccc(Cl)c(Cl)c1)N1CCN(Cc2ccccc2)C[C@@H]1CN1C=CC=CC1. The van der Waals surface area contributed by atoms with Crippen molar-refractivity contribution in [2.75, 3.05) is 32.7 Å². The average molecular weight is 493 g/mol. The Morgan fingerprint density at radius 3 is 2.50 bits per heavy atom. The smallest absolute Gasteiger partial charge is 0.227 e. The molecule has 0 radical (unpaired) electrons. The van der Waals surface area contributed by atoms with E-state index in [2.05, 4.69) is 63.4 Å². The molecule has 1 amide bonds. The van der Waals surface area contributed by atoms with E-state index in [-0.39, 0.29) is 24.4 Å². The number of halogens is 3. The van der Waals surface area contributed by atoms with E-state index < -0.39 is 0 Å². The number of hydrogen-bond donors (Lipinski definition) is 0. The van der Waals surface area contributed by atoms with Gasteiger partial charge in [-0.3, -0.25) is 9.69 Å². The Kier molecular flexibility index (Phi) is 9.06. The van der Waals surface area contributed by atoms with Crippen LogP contribution in [-0.4, -0.2) is 59.4 Å². The summed E-state index contributed by atoms with van der Waals surface area (Å²) in [6.07, 6.45) is 8.70. The van der Waals surface area contributed by atoms with Gasteiger partial charge in [0.25, 0.3) is 0 Å². The van der Waals surface area contributed by atoms with Gasteiger partial charge in [0.2, 0.25) is 5.91 Å². The van der Waals surface area contributed by atoms with Crippen molar-refractivity contribution in [3.05, 3.63) is 94.1 Å². The lowest BCUT2D eigenvalue weighted by atomic mass is 10.1. The molecule has 4 nitrogen and oxygen atoms in total. The van der Waals surface area contributed by atoms with E-state index in [1.54, 1.807) is 12.1 Å². The molecule has 170 valence electrons. The molecule has 1 atom stereocenters. The number of amides is 1. The first-order valence-electron chi connectivity index (χ1n) is 10.7. The van der Waals surface area contributed by atoms with E-state index in [4.69, 9.17) is 23.2 Å². The van der Waals surface area contributed by atoms with E-state index in [1.165, 1.54) is 5.56 Å². The van der Waals surface area contributed by atoms with Gasteiger partial charge < -0.3 is 9.80 Å². The fraction of sp³-hybridized carbons (Fsp3) is 0.320. The van der Waals surface area contributed by atoms with Crippen molar-refractivity contribution in [3.8, 4) is 0 Å². The summed E-state index contributed by atoms with van der Waals surface area (Å²) in [5.41, 5.74) is 2.20. The quantitative estimate of drug-likeness (QED) is 0.564. The summed E-state index contributed by atoms with van der Waals surface area (Å²) >= 11 is 12.2. The molecule has 2 aliphatic rings. The van der Waals surface area contributed by atoms with Gasteiger partial charge in [0, 0.05) is 39.3 Å². The van der Waals surface area contributed by atoms with E-state index in [0.29, 0.717) is 16.5 Å². The van der Waals surface area contributed by atoms with Crippen molar-refractivity contribution in [1.82, 2.24) is 14.7 Å². The predicted molar refractivity (Wildman–Crippen MR) is 134 cm³/mol. The van der Waals surface area contributed by atoms with Gasteiger partial charge in [0.15, 0.2) is 0 Å². The third-order valence-corrected chi connectivity index (χ3v) is 6.54. The molecule has 2 aromatic rings. The Hall–Kier alpha value is -1.98. The largest absolute Gasteiger partial charge is 0.372 e. The van der Waals surface area contributed by atoms with Gasteiger partial charge in [-0.15, -0.1) is 12.4 Å². The summed E-state index contributed by atoms with van der Waals surface area (Å²) < 4.78 is 0. The van der Waals surface area contributed by atoms with Gasteiger partial charge in [-0.25, -0.2) is 0 Å². The molecule has 4 rings (SSSR count). The maximum absolute atomic E-state index is 13.3. The highest BCUT2D eigenvalue weighted by Gasteiger charge is 2.31. The summed E-state index contributed by atoms with van der Waals surface area (Å²) in [5, 5.41) is 0.997. The minimum Gasteiger partial charge on any atom is -0.372 e. The number of hydrogen-bond acceptors (Lipinski definition) is 3. The Morgan fingerprint density at radius 2 is 1.78 bits per heavy atom. The molecule has 1 fully saturated rings. The fourth-order valence-electron chi connectivity index (χ4n) is 4.23. The lowest BCUT2D eigenvalue weighted by Crippen LogP contribution is -2.58. The molecule has 32 heavy (non-hydrogen) atoms. The first kappa shape index (κ1) is 24.7. The molecule has 0 bridgehead atoms. The maximum Gasteiger partial charge on any atom is 0.227 e. The lowest BCUT2D eigenvalue weighted by molar-refractivity contribution is -0.135. The van der Waals surface area contributed by atoms with Crippen molar-refractivity contribution in [1.29, 1.82) is 0 Å². The highest BCUT2D eigenvalue weighted by molar-refractivity contribution is 6.42. The lowest BCUT2D eigenvalue weighted by Gasteiger charge is -2.43. The van der Waals surface area contributed by atoms with Crippen LogP contribution in [0, 0.1) is 0 Å². The number of benzene rings is 2. The van der Waals surface area contributed by atoms with Crippen molar-refractivity contribution < 1.29 is 4.79 Å². The number of piperazine rings is 1. The summed E-state index contributed by atoms with van der Waals surface area (Å²) in [6.45, 7) is 5.05. The number of carbonyl (C=O) groups is 1. The second-order valence-corrected chi connectivity index (χ2v) is 8.92. The van der Waals surface area contributed by atoms with Crippen molar-refractivity contribution in [3.63, 3.8) is 0 Å². The molecule has 0 N–H and O–H groups in total. The molecule has 0 unspecified atom stereocenters. The van der Waals surface area contributed by atoms with Crippen LogP contribution >= 0.6 is 35.6 Å². The highest BCUT2D eigenvalue weighted by Crippen LogP contribution is 2.24. The van der Waals surface area contributed by atoms with E-state index in [0.717, 1.165) is 44.8 Å². The molecule has 7 heteroatoms. The normalized spacial score (nSPS) is 18.5. The number of carbonyl (C=O) groups excluding carboxylic acids is 1. The van der Waals surface area contributed by atoms with Gasteiger partial charge in [-0.05, 0) is 35.5 Å². The van der Waals surface area contributed by atoms with Gasteiger partial charge in [0.1, 0.15) is 0 Å². The molecule has 0 aliphatic carbocycles. The maximum atomic E-state index is 13.3. The molecular formula is C25H28Cl3N3O. The van der Waals surface area contributed by atoms with Crippen LogP contribution in [0.4, 0.5) is 0 Å². The van der Waals surface area contributed by atoms with E-state index in [1.807, 2.05) is 12.1 Å². The Bertz CT molecular complexity index is 964. The van der Waals surface area contributed by atoms with Crippen LogP contribution in [0.5, 0.6) is 0 Å². The van der Waals surface area contributed by atoms with E-state index >= 15 is 0 Å². The van der Waals surface area contributed by atoms with Crippen LogP contribution in [-0.2, 0) is 17.8 Å². The second kappa shape index (κ2) is 11.8. The van der Waals surface area contributed by atoms with Crippen LogP contribution in [0.1, 0.15) is 11.1 Å². The predicted octanol–water partition coefficient (Wildman–Crippen LogP) is 5.06. The van der Waals surface area contributed by atoms with Crippen molar-refractivity contribution in [2.45, 2.75) is 19.0 Å². The summed E-state index contributed by atoms with van der Waals surface area (Å²) in [6, 6.07) is 16.1. The summed E-state index contributed by atoms with van der Waals surface area (Å²) in [7, 11) is 0. The van der Waals surface area contributed by atoms with Gasteiger partial charge in [-0.2, -0.15) is 0 Å². The minimum absolute atomic E-state index is 0. The average Bonchev–Trinajstić information content (AvgIpc) is 2.78. The van der Waals surface area contributed by atoms with Gasteiger partial charge in [-0.1, -0.05) is 71.8 Å². The molecule has 2 aromatic carbocycles. The van der Waals surface area contributed by atoms with Crippen LogP contribution in [0.25, 0.3) is 0 Å². The van der Waals surface area contributed by atoms with Crippen LogP contribution in [0.15, 0.2) is 73.0 Å². The van der Waals surface area contributed by atoms with Crippen molar-refractivity contribution in [2.24, 2.45) is 0 Å².